The van der Waals surface area contributed by atoms with Crippen LogP contribution < -0.4 is 5.32 Å². The van der Waals surface area contributed by atoms with E-state index in [1.807, 2.05) is 30.6 Å². The Morgan fingerprint density at radius 1 is 1.05 bits per heavy atom. The molecule has 0 radical (unpaired) electrons. The van der Waals surface area contributed by atoms with E-state index in [2.05, 4.69) is 29.4 Å². The first-order chi connectivity index (χ1) is 10.2. The van der Waals surface area contributed by atoms with Gasteiger partial charge in [0.25, 0.3) is 0 Å². The molecular weight excluding hydrogens is 303 g/mol. The minimum absolute atomic E-state index is 0.431. The van der Waals surface area contributed by atoms with Crippen LogP contribution in [0.5, 0.6) is 0 Å². The van der Waals surface area contributed by atoms with Crippen LogP contribution in [0.15, 0.2) is 42.7 Å². The van der Waals surface area contributed by atoms with Crippen LogP contribution in [-0.2, 0) is 12.8 Å². The highest BCUT2D eigenvalue weighted by molar-refractivity contribution is 6.42. The number of hydrogen-bond donors (Lipinski definition) is 1. The second-order valence-corrected chi connectivity index (χ2v) is 5.92. The fourth-order valence-electron chi connectivity index (χ4n) is 2.41. The van der Waals surface area contributed by atoms with Gasteiger partial charge in [-0.1, -0.05) is 36.2 Å². The lowest BCUT2D eigenvalue weighted by atomic mass is 9.99. The van der Waals surface area contributed by atoms with E-state index in [0.29, 0.717) is 16.1 Å². The SMILES string of the molecule is CCNC(CCc1ccncc1)Cc1ccc(Cl)c(Cl)c1. The number of aryl methyl sites for hydroxylation is 1. The zero-order chi connectivity index (χ0) is 15.1. The predicted octanol–water partition coefficient (Wildman–Crippen LogP) is 4.54. The second kappa shape index (κ2) is 8.38. The van der Waals surface area contributed by atoms with E-state index in [0.717, 1.165) is 25.8 Å². The maximum atomic E-state index is 6.09. The van der Waals surface area contributed by atoms with Crippen molar-refractivity contribution < 1.29 is 0 Å². The van der Waals surface area contributed by atoms with E-state index < -0.39 is 0 Å². The Labute approximate surface area is 136 Å². The molecule has 1 aromatic carbocycles. The number of hydrogen-bond acceptors (Lipinski definition) is 2. The highest BCUT2D eigenvalue weighted by Crippen LogP contribution is 2.23. The molecule has 0 fully saturated rings. The summed E-state index contributed by atoms with van der Waals surface area (Å²) in [5, 5.41) is 4.78. The Morgan fingerprint density at radius 3 is 2.48 bits per heavy atom. The van der Waals surface area contributed by atoms with Gasteiger partial charge in [0.1, 0.15) is 0 Å². The Morgan fingerprint density at radius 2 is 1.81 bits per heavy atom. The van der Waals surface area contributed by atoms with Crippen molar-refractivity contribution in [2.45, 2.75) is 32.2 Å². The fraction of sp³-hybridized carbons (Fsp3) is 0.353. The van der Waals surface area contributed by atoms with Gasteiger partial charge in [-0.15, -0.1) is 0 Å². The molecule has 0 aliphatic heterocycles. The molecule has 1 N–H and O–H groups in total. The molecule has 0 aliphatic carbocycles. The minimum atomic E-state index is 0.431. The zero-order valence-corrected chi connectivity index (χ0v) is 13.7. The maximum absolute atomic E-state index is 6.09. The molecule has 4 heteroatoms. The van der Waals surface area contributed by atoms with Crippen LogP contribution in [0, 0.1) is 0 Å². The first-order valence-electron chi connectivity index (χ1n) is 7.25. The Kier molecular flexibility index (Phi) is 6.50. The van der Waals surface area contributed by atoms with Crippen LogP contribution in [0.25, 0.3) is 0 Å². The fourth-order valence-corrected chi connectivity index (χ4v) is 2.73. The van der Waals surface area contributed by atoms with Gasteiger partial charge in [-0.2, -0.15) is 0 Å². The Balaban J connectivity index is 1.96. The van der Waals surface area contributed by atoms with Gasteiger partial charge in [-0.3, -0.25) is 4.98 Å². The van der Waals surface area contributed by atoms with Gasteiger partial charge in [-0.05, 0) is 61.2 Å². The standard InChI is InChI=1S/C17H20Cl2N2/c1-2-21-15(5-3-13-7-9-20-10-8-13)11-14-4-6-16(18)17(19)12-14/h4,6-10,12,15,21H,2-3,5,11H2,1H3. The summed E-state index contributed by atoms with van der Waals surface area (Å²) < 4.78 is 0. The van der Waals surface area contributed by atoms with Crippen molar-refractivity contribution in [3.8, 4) is 0 Å². The number of aromatic nitrogens is 1. The van der Waals surface area contributed by atoms with Crippen molar-refractivity contribution >= 4 is 23.2 Å². The van der Waals surface area contributed by atoms with E-state index >= 15 is 0 Å². The van der Waals surface area contributed by atoms with Gasteiger partial charge in [0, 0.05) is 18.4 Å². The zero-order valence-electron chi connectivity index (χ0n) is 12.2. The number of pyridine rings is 1. The molecule has 0 bridgehead atoms. The molecule has 0 spiro atoms. The van der Waals surface area contributed by atoms with Gasteiger partial charge in [0.2, 0.25) is 0 Å². The van der Waals surface area contributed by atoms with E-state index in [9.17, 15) is 0 Å². The lowest BCUT2D eigenvalue weighted by molar-refractivity contribution is 0.491. The number of nitrogens with one attached hydrogen (secondary N) is 1. The monoisotopic (exact) mass is 322 g/mol. The van der Waals surface area contributed by atoms with E-state index in [1.54, 1.807) is 0 Å². The van der Waals surface area contributed by atoms with Gasteiger partial charge in [0.15, 0.2) is 0 Å². The summed E-state index contributed by atoms with van der Waals surface area (Å²) in [6, 6.07) is 10.4. The molecule has 1 unspecified atom stereocenters. The van der Waals surface area contributed by atoms with Crippen molar-refractivity contribution in [1.29, 1.82) is 0 Å². The molecule has 0 saturated heterocycles. The van der Waals surface area contributed by atoms with E-state index in [-0.39, 0.29) is 0 Å². The first kappa shape index (κ1) is 16.3. The van der Waals surface area contributed by atoms with E-state index in [1.165, 1.54) is 11.1 Å². The number of halogens is 2. The smallest absolute Gasteiger partial charge is 0.0595 e. The highest BCUT2D eigenvalue weighted by atomic mass is 35.5. The number of likely N-dealkylation sites (N-methyl/N-ethyl adjacent to an activating group) is 1. The van der Waals surface area contributed by atoms with Crippen LogP contribution in [0.3, 0.4) is 0 Å². The molecule has 112 valence electrons. The van der Waals surface area contributed by atoms with Crippen molar-refractivity contribution in [1.82, 2.24) is 10.3 Å². The number of benzene rings is 1. The molecule has 0 aliphatic rings. The molecule has 2 rings (SSSR count). The maximum Gasteiger partial charge on any atom is 0.0595 e. The second-order valence-electron chi connectivity index (χ2n) is 5.10. The summed E-state index contributed by atoms with van der Waals surface area (Å²) in [4.78, 5) is 4.05. The van der Waals surface area contributed by atoms with Crippen molar-refractivity contribution in [2.75, 3.05) is 6.54 Å². The Bertz CT molecular complexity index is 558. The summed E-state index contributed by atoms with van der Waals surface area (Å²) in [6.45, 7) is 3.09. The molecule has 0 saturated carbocycles. The third kappa shape index (κ3) is 5.31. The molecule has 0 amide bonds. The first-order valence-corrected chi connectivity index (χ1v) is 8.01. The van der Waals surface area contributed by atoms with Crippen LogP contribution in [0.4, 0.5) is 0 Å². The third-order valence-electron chi connectivity index (χ3n) is 3.49. The largest absolute Gasteiger partial charge is 0.314 e. The van der Waals surface area contributed by atoms with Crippen molar-refractivity contribution in [3.63, 3.8) is 0 Å². The van der Waals surface area contributed by atoms with Gasteiger partial charge < -0.3 is 5.32 Å². The van der Waals surface area contributed by atoms with Crippen LogP contribution in [0.2, 0.25) is 10.0 Å². The van der Waals surface area contributed by atoms with E-state index in [4.69, 9.17) is 23.2 Å². The molecule has 1 aromatic heterocycles. The molecule has 1 atom stereocenters. The average molecular weight is 323 g/mol. The molecule has 1 heterocycles. The van der Waals surface area contributed by atoms with Crippen LogP contribution >= 0.6 is 23.2 Å². The molecule has 2 nitrogen and oxygen atoms in total. The molecular formula is C17H20Cl2N2. The summed E-state index contributed by atoms with van der Waals surface area (Å²) in [7, 11) is 0. The summed E-state index contributed by atoms with van der Waals surface area (Å²) in [5.74, 6) is 0. The third-order valence-corrected chi connectivity index (χ3v) is 4.23. The lowest BCUT2D eigenvalue weighted by Gasteiger charge is -2.18. The summed E-state index contributed by atoms with van der Waals surface area (Å²) >= 11 is 12.1. The van der Waals surface area contributed by atoms with Gasteiger partial charge in [-0.25, -0.2) is 0 Å². The lowest BCUT2D eigenvalue weighted by Crippen LogP contribution is -2.31. The highest BCUT2D eigenvalue weighted by Gasteiger charge is 2.10. The van der Waals surface area contributed by atoms with Crippen LogP contribution in [-0.4, -0.2) is 17.6 Å². The Hall–Kier alpha value is -1.09. The normalized spacial score (nSPS) is 12.3. The predicted molar refractivity (Wildman–Crippen MR) is 90.2 cm³/mol. The van der Waals surface area contributed by atoms with Crippen molar-refractivity contribution in [2.24, 2.45) is 0 Å². The number of nitrogens with zero attached hydrogens (tertiary/aromatic N) is 1. The van der Waals surface area contributed by atoms with Gasteiger partial charge in [0.05, 0.1) is 10.0 Å². The number of rotatable bonds is 7. The van der Waals surface area contributed by atoms with Gasteiger partial charge >= 0.3 is 0 Å². The molecule has 21 heavy (non-hydrogen) atoms. The molecule has 2 aromatic rings. The quantitative estimate of drug-likeness (QED) is 0.809. The summed E-state index contributed by atoms with van der Waals surface area (Å²) in [5.41, 5.74) is 2.53. The van der Waals surface area contributed by atoms with Crippen LogP contribution in [0.1, 0.15) is 24.5 Å². The average Bonchev–Trinajstić information content (AvgIpc) is 2.50. The topological polar surface area (TPSA) is 24.9 Å². The minimum Gasteiger partial charge on any atom is -0.314 e. The summed E-state index contributed by atoms with van der Waals surface area (Å²) in [6.07, 6.45) is 6.77. The van der Waals surface area contributed by atoms with Crippen molar-refractivity contribution in [3.05, 3.63) is 63.9 Å².